The number of amides is 6. The van der Waals surface area contributed by atoms with Crippen LogP contribution in [-0.2, 0) is 50.3 Å². The highest BCUT2D eigenvalue weighted by atomic mass is 32.3. The molecule has 1 aliphatic carbocycles. The number of hydrogen-bond donors (Lipinski definition) is 15. The summed E-state index contributed by atoms with van der Waals surface area (Å²) in [5, 5.41) is 123. The molecule has 7 heterocycles. The van der Waals surface area contributed by atoms with Crippen molar-refractivity contribution in [2.45, 2.75) is 176 Å². The first-order chi connectivity index (χ1) is 49.2. The second kappa shape index (κ2) is 35.6. The monoisotopic (exact) mass is 1480 g/mol. The summed E-state index contributed by atoms with van der Waals surface area (Å²) in [6.45, 7) is 3.37. The van der Waals surface area contributed by atoms with E-state index in [-0.39, 0.29) is 69.9 Å². The largest absolute Gasteiger partial charge is 0.504 e. The second-order valence-corrected chi connectivity index (χ2v) is 29.7. The lowest BCUT2D eigenvalue weighted by Crippen LogP contribution is -2.64. The number of aromatic hydroxyl groups is 1. The van der Waals surface area contributed by atoms with Crippen molar-refractivity contribution < 1.29 is 96.6 Å². The topological polar surface area (TPSA) is 485 Å². The van der Waals surface area contributed by atoms with Crippen molar-refractivity contribution in [3.8, 4) is 33.2 Å². The molecule has 4 aromatic rings. The maximum atomic E-state index is 15.1. The number of β-amino-alcohol motifs (C(OH)–C–C–N with tert-alkyl or cyclic N) is 1. The maximum Gasteiger partial charge on any atom is 0.446 e. The van der Waals surface area contributed by atoms with Crippen molar-refractivity contribution in [2.75, 3.05) is 95.0 Å². The first kappa shape index (κ1) is 78.2. The number of rotatable bonds is 23. The Hall–Kier alpha value is -7.43. The normalized spacial score (nSPS) is 26.8. The summed E-state index contributed by atoms with van der Waals surface area (Å²) in [6, 6.07) is -0.00456. The fraction of sp³-hybridized carbons (Fsp3) is 0.642. The zero-order valence-corrected chi connectivity index (χ0v) is 59.1. The van der Waals surface area contributed by atoms with Crippen molar-refractivity contribution in [1.82, 2.24) is 61.4 Å². The molecule has 6 amide bonds. The molecule has 2 aromatic heterocycles. The first-order valence-electron chi connectivity index (χ1n) is 35.2. The van der Waals surface area contributed by atoms with E-state index in [2.05, 4.69) is 50.8 Å². The number of piperidine rings is 2. The molecule has 0 radical (unpaired) electrons. The number of phenolic OH excluding ortho intramolecular Hbond substituents is 1. The summed E-state index contributed by atoms with van der Waals surface area (Å²) in [7, 11) is -5.23. The van der Waals surface area contributed by atoms with Crippen LogP contribution in [0.2, 0.25) is 0 Å². The summed E-state index contributed by atoms with van der Waals surface area (Å²) < 4.78 is 43.6. The number of aliphatic hydroxyl groups excluding tert-OH is 8. The molecule has 103 heavy (non-hydrogen) atoms. The molecular formula is C67H96N14O20S2. The predicted molar refractivity (Wildman–Crippen MR) is 371 cm³/mol. The Morgan fingerprint density at radius 3 is 1.99 bits per heavy atom. The number of carbonyl (C=O) groups is 6. The van der Waals surface area contributed by atoms with E-state index < -0.39 is 168 Å². The van der Waals surface area contributed by atoms with Crippen LogP contribution in [0, 0.1) is 11.8 Å². The Kier molecular flexibility index (Phi) is 27.0. The summed E-state index contributed by atoms with van der Waals surface area (Å²) in [6.07, 6.45) is 0.0338. The molecule has 36 heteroatoms. The lowest BCUT2D eigenvalue weighted by molar-refractivity contribution is -0.147. The number of anilines is 2. The van der Waals surface area contributed by atoms with E-state index in [9.17, 15) is 82.9 Å². The summed E-state index contributed by atoms with van der Waals surface area (Å²) in [5.74, 6) is -8.53. The van der Waals surface area contributed by atoms with E-state index in [0.29, 0.717) is 48.1 Å². The molecule has 0 bridgehead atoms. The van der Waals surface area contributed by atoms with E-state index >= 15 is 4.79 Å². The molecule has 5 aliphatic heterocycles. The molecule has 0 spiro atoms. The summed E-state index contributed by atoms with van der Waals surface area (Å²) in [4.78, 5) is 106. The number of fused-ring (bicyclic) bond motifs is 2. The third kappa shape index (κ3) is 20.3. The molecule has 13 atom stereocenters. The lowest BCUT2D eigenvalue weighted by Gasteiger charge is -2.34. The lowest BCUT2D eigenvalue weighted by atomic mass is 9.96. The Balaban J connectivity index is 0.845. The van der Waals surface area contributed by atoms with Crippen molar-refractivity contribution >= 4 is 68.3 Å². The quantitative estimate of drug-likeness (QED) is 0.0333. The van der Waals surface area contributed by atoms with Gasteiger partial charge in [0.2, 0.25) is 46.5 Å². The van der Waals surface area contributed by atoms with Crippen LogP contribution in [0.5, 0.6) is 11.5 Å². The molecule has 5 saturated heterocycles. The smallest absolute Gasteiger partial charge is 0.446 e. The van der Waals surface area contributed by atoms with Gasteiger partial charge in [0.1, 0.15) is 35.2 Å². The standard InChI is InChI=1S/C67H96N14O20S2/c1-37-35-81-57(58(37)90)62(94)69-34-44(85)29-48(68-31-39-13-19-79(20-14-39)67-76-75-63(102-67)42-10-8-41(9-11-42)43-32-70-66(71-33-43)78-21-15-47(16-22-78)100-46-5-3-4-6-46)59(91)72-54(38(2)84)64(95)80-36-45(86)30-49(80)60(92)73-55(52(89)27-40-7-12-50(87)53(28-40)101-103(97,98)99)61(93)74-56(65(81)96)51(88)17-18-77(23-25-82)24-26-83/h7-12,28,32-33,37-39,44-49,51-52,54-58,68,82-90H,3-6,13-27,29-31,34-36H2,1-2H3,(H,69,94)(H,72,91)(H,73,92)(H,74,93)(H,97,98,99)/t37-,38+,44+,45+,48-,49-,51+,52+,54-,55-,56-,57-,58-/m0/s1. The Morgan fingerprint density at radius 2 is 1.33 bits per heavy atom. The zero-order chi connectivity index (χ0) is 73.8. The van der Waals surface area contributed by atoms with Gasteiger partial charge in [-0.15, -0.1) is 10.2 Å². The minimum absolute atomic E-state index is 0.00203. The van der Waals surface area contributed by atoms with Crippen molar-refractivity contribution in [3.05, 3.63) is 60.4 Å². The predicted octanol–water partition coefficient (Wildman–Crippen LogP) is -2.82. The highest BCUT2D eigenvalue weighted by molar-refractivity contribution is 7.81. The van der Waals surface area contributed by atoms with Gasteiger partial charge in [0.05, 0.1) is 68.1 Å². The number of nitrogens with zero attached hydrogens (tertiary/aromatic N) is 9. The Bertz CT molecular complexity index is 3630. The van der Waals surface area contributed by atoms with E-state index in [1.54, 1.807) is 0 Å². The minimum Gasteiger partial charge on any atom is -0.504 e. The van der Waals surface area contributed by atoms with Crippen LogP contribution in [0.1, 0.15) is 90.0 Å². The molecule has 6 aliphatic rings. The third-order valence-electron chi connectivity index (χ3n) is 20.1. The van der Waals surface area contributed by atoms with Crippen LogP contribution < -0.4 is 40.6 Å². The van der Waals surface area contributed by atoms with Crippen LogP contribution in [0.25, 0.3) is 21.7 Å². The molecule has 34 nitrogen and oxygen atoms in total. The highest BCUT2D eigenvalue weighted by Gasteiger charge is 2.50. The molecule has 6 fully saturated rings. The van der Waals surface area contributed by atoms with Gasteiger partial charge in [-0.1, -0.05) is 61.4 Å². The minimum atomic E-state index is -5.23. The number of carbonyl (C=O) groups excluding carboxylic acids is 6. The van der Waals surface area contributed by atoms with Gasteiger partial charge in [0, 0.05) is 108 Å². The fourth-order valence-corrected chi connectivity index (χ4v) is 15.6. The Morgan fingerprint density at radius 1 is 0.699 bits per heavy atom. The van der Waals surface area contributed by atoms with E-state index in [1.807, 2.05) is 36.7 Å². The molecule has 10 rings (SSSR count). The van der Waals surface area contributed by atoms with Crippen molar-refractivity contribution in [2.24, 2.45) is 11.8 Å². The van der Waals surface area contributed by atoms with Gasteiger partial charge in [-0.3, -0.25) is 38.2 Å². The number of benzene rings is 2. The summed E-state index contributed by atoms with van der Waals surface area (Å²) >= 11 is 1.44. The van der Waals surface area contributed by atoms with Crippen molar-refractivity contribution in [3.63, 3.8) is 0 Å². The van der Waals surface area contributed by atoms with Gasteiger partial charge in [0.25, 0.3) is 0 Å². The highest BCUT2D eigenvalue weighted by Crippen LogP contribution is 2.35. The zero-order valence-electron chi connectivity index (χ0n) is 57.5. The molecule has 2 aromatic carbocycles. The van der Waals surface area contributed by atoms with E-state index in [1.165, 1.54) is 42.9 Å². The van der Waals surface area contributed by atoms with Crippen LogP contribution >= 0.6 is 11.3 Å². The molecular weight excluding hydrogens is 1380 g/mol. The van der Waals surface area contributed by atoms with Crippen molar-refractivity contribution in [1.29, 1.82) is 0 Å². The van der Waals surface area contributed by atoms with Gasteiger partial charge in [-0.2, -0.15) is 8.42 Å². The Labute approximate surface area is 600 Å². The molecule has 566 valence electrons. The number of aliphatic hydroxyl groups is 8. The van der Waals surface area contributed by atoms with E-state index in [0.717, 1.165) is 83.5 Å². The van der Waals surface area contributed by atoms with Gasteiger partial charge in [-0.05, 0) is 94.0 Å². The van der Waals surface area contributed by atoms with Crippen LogP contribution in [0.3, 0.4) is 0 Å². The van der Waals surface area contributed by atoms with Crippen LogP contribution in [0.4, 0.5) is 11.1 Å². The SMILES string of the molecule is C[C@@H](O)[C@@H]1NC(=O)[C@@H](NCC2CCN(c3nnc(-c4ccc(-c5cnc(N6CCC(OC7CCCC7)CC6)nc5)cc4)s3)CC2)C[C@@H](O)CNC(=O)[C@@H]2[C@@H](O)[C@@H](C)CN2C(=O)[C@H]([C@H](O)CCN(CCO)CCO)NC(=O)[C@H]([C@H](O)Cc2ccc(O)c(OS(=O)(=O)O)c2)NC(=O)[C@@H]2C[C@@H](O)CN2C1=O. The van der Waals surface area contributed by atoms with E-state index in [4.69, 9.17) is 14.7 Å². The summed E-state index contributed by atoms with van der Waals surface area (Å²) in [5.41, 5.74) is 2.61. The average Bonchev–Trinajstić information content (AvgIpc) is 1.68. The molecule has 15 N–H and O–H groups in total. The van der Waals surface area contributed by atoms with Gasteiger partial charge in [0.15, 0.2) is 11.5 Å². The number of aromatic nitrogens is 4. The number of nitrogens with one attached hydrogen (secondary N) is 5. The molecule has 0 unspecified atom stereocenters. The number of hydrogen-bond acceptors (Lipinski definition) is 28. The van der Waals surface area contributed by atoms with Crippen LogP contribution in [0.15, 0.2) is 54.9 Å². The first-order valence-corrected chi connectivity index (χ1v) is 37.4. The molecule has 1 saturated carbocycles. The third-order valence-corrected chi connectivity index (χ3v) is 21.6. The number of ether oxygens (including phenoxy) is 1. The maximum absolute atomic E-state index is 15.1. The number of phenols is 1. The van der Waals surface area contributed by atoms with Gasteiger partial charge < -0.3 is 101 Å². The van der Waals surface area contributed by atoms with Gasteiger partial charge >= 0.3 is 10.4 Å². The fourth-order valence-electron chi connectivity index (χ4n) is 14.3. The second-order valence-electron chi connectivity index (χ2n) is 27.7. The van der Waals surface area contributed by atoms with Gasteiger partial charge in [-0.25, -0.2) is 9.97 Å². The van der Waals surface area contributed by atoms with Crippen LogP contribution in [-0.4, -0.2) is 300 Å². The average molecular weight is 1480 g/mol.